The molecule has 0 spiro atoms. The fourth-order valence-electron chi connectivity index (χ4n) is 5.45. The number of hydrogen-bond acceptors (Lipinski definition) is 4. The zero-order valence-corrected chi connectivity index (χ0v) is 21.1. The molecule has 0 saturated carbocycles. The van der Waals surface area contributed by atoms with E-state index in [2.05, 4.69) is 5.32 Å². The summed E-state index contributed by atoms with van der Waals surface area (Å²) in [5.41, 5.74) is 3.12. The van der Waals surface area contributed by atoms with Crippen molar-refractivity contribution in [2.75, 3.05) is 19.8 Å². The lowest BCUT2D eigenvalue weighted by atomic mass is 9.99. The zero-order valence-electron chi connectivity index (χ0n) is 21.1. The highest BCUT2D eigenvalue weighted by atomic mass is 16.5. The minimum absolute atomic E-state index is 0.0353. The Hall–Kier alpha value is -4.16. The van der Waals surface area contributed by atoms with Crippen molar-refractivity contribution in [3.8, 4) is 5.75 Å². The van der Waals surface area contributed by atoms with Gasteiger partial charge in [-0.15, -0.1) is 0 Å². The van der Waals surface area contributed by atoms with Gasteiger partial charge in [0.2, 0.25) is 0 Å². The van der Waals surface area contributed by atoms with Gasteiger partial charge in [0.1, 0.15) is 18.5 Å². The van der Waals surface area contributed by atoms with Crippen molar-refractivity contribution in [1.82, 2.24) is 10.2 Å². The Kier molecular flexibility index (Phi) is 6.80. The van der Waals surface area contributed by atoms with Gasteiger partial charge in [-0.3, -0.25) is 9.59 Å². The molecule has 2 aliphatic heterocycles. The average molecular weight is 507 g/mol. The van der Waals surface area contributed by atoms with Gasteiger partial charge in [-0.1, -0.05) is 72.8 Å². The van der Waals surface area contributed by atoms with Crippen LogP contribution >= 0.6 is 0 Å². The SMILES string of the molecule is O=C(NC1c2ccccc2C(=O)N1CC1CCOCC1)c1ccc(OCc2ccccc2)c2ccccc12. The third kappa shape index (κ3) is 4.75. The van der Waals surface area contributed by atoms with Crippen molar-refractivity contribution in [2.24, 2.45) is 5.92 Å². The van der Waals surface area contributed by atoms with Crippen molar-refractivity contribution in [3.05, 3.63) is 113 Å². The number of nitrogens with zero attached hydrogens (tertiary/aromatic N) is 1. The molecule has 2 amide bonds. The van der Waals surface area contributed by atoms with E-state index in [1.807, 2.05) is 95.9 Å². The van der Waals surface area contributed by atoms with Crippen molar-refractivity contribution in [2.45, 2.75) is 25.6 Å². The van der Waals surface area contributed by atoms with E-state index in [1.54, 1.807) is 0 Å². The van der Waals surface area contributed by atoms with Gasteiger partial charge in [0, 0.05) is 41.8 Å². The van der Waals surface area contributed by atoms with Crippen LogP contribution in [0.3, 0.4) is 0 Å². The van der Waals surface area contributed by atoms with E-state index in [0.29, 0.717) is 43.4 Å². The van der Waals surface area contributed by atoms with E-state index in [1.165, 1.54) is 0 Å². The van der Waals surface area contributed by atoms with E-state index >= 15 is 0 Å². The molecule has 1 N–H and O–H groups in total. The number of carbonyl (C=O) groups excluding carboxylic acids is 2. The minimum atomic E-state index is -0.512. The predicted octanol–water partition coefficient (Wildman–Crippen LogP) is 5.73. The van der Waals surface area contributed by atoms with Crippen molar-refractivity contribution < 1.29 is 19.1 Å². The van der Waals surface area contributed by atoms with Crippen LogP contribution in [0.15, 0.2) is 91.0 Å². The molecule has 6 nitrogen and oxygen atoms in total. The first-order valence-corrected chi connectivity index (χ1v) is 13.2. The Balaban J connectivity index is 1.27. The van der Waals surface area contributed by atoms with Crippen LogP contribution in [0.4, 0.5) is 0 Å². The quantitative estimate of drug-likeness (QED) is 0.348. The number of carbonyl (C=O) groups is 2. The summed E-state index contributed by atoms with van der Waals surface area (Å²) < 4.78 is 11.7. The largest absolute Gasteiger partial charge is 0.488 e. The summed E-state index contributed by atoms with van der Waals surface area (Å²) in [6, 6.07) is 29.0. The third-order valence-corrected chi connectivity index (χ3v) is 7.49. The van der Waals surface area contributed by atoms with Gasteiger partial charge in [0.15, 0.2) is 0 Å². The van der Waals surface area contributed by atoms with Gasteiger partial charge in [-0.2, -0.15) is 0 Å². The molecular weight excluding hydrogens is 476 g/mol. The first-order valence-electron chi connectivity index (χ1n) is 13.2. The van der Waals surface area contributed by atoms with Crippen LogP contribution in [0.1, 0.15) is 50.9 Å². The molecule has 0 aromatic heterocycles. The highest BCUT2D eigenvalue weighted by Gasteiger charge is 2.39. The van der Waals surface area contributed by atoms with Gasteiger partial charge in [-0.25, -0.2) is 0 Å². The maximum atomic E-state index is 13.7. The molecule has 1 saturated heterocycles. The van der Waals surface area contributed by atoms with Crippen molar-refractivity contribution in [1.29, 1.82) is 0 Å². The lowest BCUT2D eigenvalue weighted by molar-refractivity contribution is 0.0379. The first kappa shape index (κ1) is 24.2. The fraction of sp³-hybridized carbons (Fsp3) is 0.250. The molecular formula is C32H30N2O4. The summed E-state index contributed by atoms with van der Waals surface area (Å²) in [6.45, 7) is 2.45. The fourth-order valence-corrected chi connectivity index (χ4v) is 5.45. The number of fused-ring (bicyclic) bond motifs is 2. The Morgan fingerprint density at radius 1 is 0.868 bits per heavy atom. The Morgan fingerprint density at radius 2 is 1.58 bits per heavy atom. The molecule has 1 atom stereocenters. The second kappa shape index (κ2) is 10.7. The van der Waals surface area contributed by atoms with Crippen LogP contribution in [-0.2, 0) is 11.3 Å². The van der Waals surface area contributed by atoms with Crippen molar-refractivity contribution in [3.63, 3.8) is 0 Å². The normalized spacial score (nSPS) is 17.4. The maximum absolute atomic E-state index is 13.7. The molecule has 192 valence electrons. The topological polar surface area (TPSA) is 67.9 Å². The number of ether oxygens (including phenoxy) is 2. The van der Waals surface area contributed by atoms with Crippen LogP contribution < -0.4 is 10.1 Å². The van der Waals surface area contributed by atoms with Crippen LogP contribution in [0, 0.1) is 5.92 Å². The van der Waals surface area contributed by atoms with Gasteiger partial charge in [0.05, 0.1) is 0 Å². The number of hydrogen-bond donors (Lipinski definition) is 1. The molecule has 2 heterocycles. The summed E-state index contributed by atoms with van der Waals surface area (Å²) in [4.78, 5) is 28.9. The Bertz CT molecular complexity index is 1460. The Labute approximate surface area is 222 Å². The van der Waals surface area contributed by atoms with Crippen LogP contribution in [0.25, 0.3) is 10.8 Å². The van der Waals surface area contributed by atoms with Crippen LogP contribution in [0.5, 0.6) is 5.75 Å². The molecule has 4 aromatic rings. The number of benzene rings is 4. The standard InChI is InChI=1S/C32H30N2O4/c35-31(27-14-15-29(25-11-5-4-10-24(25)27)38-21-23-8-2-1-3-9-23)33-30-26-12-6-7-13-28(26)32(36)34(30)20-22-16-18-37-19-17-22/h1-15,22,30H,16-21H2,(H,33,35). The summed E-state index contributed by atoms with van der Waals surface area (Å²) in [5, 5.41) is 4.87. The molecule has 1 unspecified atom stereocenters. The summed E-state index contributed by atoms with van der Waals surface area (Å²) >= 11 is 0. The summed E-state index contributed by atoms with van der Waals surface area (Å²) in [7, 11) is 0. The number of rotatable bonds is 7. The van der Waals surface area contributed by atoms with Gasteiger partial charge in [0.25, 0.3) is 11.8 Å². The molecule has 6 heteroatoms. The second-order valence-corrected chi connectivity index (χ2v) is 9.91. The van der Waals surface area contributed by atoms with E-state index in [9.17, 15) is 9.59 Å². The van der Waals surface area contributed by atoms with Crippen molar-refractivity contribution >= 4 is 22.6 Å². The van der Waals surface area contributed by atoms with E-state index in [0.717, 1.165) is 40.5 Å². The molecule has 38 heavy (non-hydrogen) atoms. The Morgan fingerprint density at radius 3 is 2.39 bits per heavy atom. The van der Waals surface area contributed by atoms with E-state index in [4.69, 9.17) is 9.47 Å². The lowest BCUT2D eigenvalue weighted by Gasteiger charge is -2.31. The van der Waals surface area contributed by atoms with E-state index in [-0.39, 0.29) is 11.8 Å². The molecule has 4 aromatic carbocycles. The highest BCUT2D eigenvalue weighted by Crippen LogP contribution is 2.35. The van der Waals surface area contributed by atoms with Crippen LogP contribution in [0.2, 0.25) is 0 Å². The minimum Gasteiger partial charge on any atom is -0.488 e. The molecule has 0 radical (unpaired) electrons. The lowest BCUT2D eigenvalue weighted by Crippen LogP contribution is -2.42. The molecule has 0 bridgehead atoms. The third-order valence-electron chi connectivity index (χ3n) is 7.49. The van der Waals surface area contributed by atoms with Gasteiger partial charge < -0.3 is 19.7 Å². The smallest absolute Gasteiger partial charge is 0.256 e. The number of amides is 2. The highest BCUT2D eigenvalue weighted by molar-refractivity contribution is 6.09. The monoisotopic (exact) mass is 506 g/mol. The zero-order chi connectivity index (χ0) is 25.9. The average Bonchev–Trinajstić information content (AvgIpc) is 3.23. The maximum Gasteiger partial charge on any atom is 0.256 e. The molecule has 6 rings (SSSR count). The van der Waals surface area contributed by atoms with Gasteiger partial charge >= 0.3 is 0 Å². The van der Waals surface area contributed by atoms with E-state index < -0.39 is 6.17 Å². The van der Waals surface area contributed by atoms with Crippen LogP contribution in [-0.4, -0.2) is 36.5 Å². The number of nitrogens with one attached hydrogen (secondary N) is 1. The second-order valence-electron chi connectivity index (χ2n) is 9.91. The molecule has 0 aliphatic carbocycles. The first-order chi connectivity index (χ1) is 18.7. The summed E-state index contributed by atoms with van der Waals surface area (Å²) in [6.07, 6.45) is 1.31. The molecule has 2 aliphatic rings. The predicted molar refractivity (Wildman–Crippen MR) is 146 cm³/mol. The summed E-state index contributed by atoms with van der Waals surface area (Å²) in [5.74, 6) is 0.820. The van der Waals surface area contributed by atoms with Gasteiger partial charge in [-0.05, 0) is 47.9 Å². The molecule has 1 fully saturated rings.